The molecule has 0 spiro atoms. The number of hydrogen-bond donors (Lipinski definition) is 1. The number of nitrogens with zero attached hydrogens (tertiary/aromatic N) is 1. The Morgan fingerprint density at radius 3 is 2.53 bits per heavy atom. The number of nitrogens with two attached hydrogens (primary N) is 1. The van der Waals surface area contributed by atoms with Gasteiger partial charge in [-0.1, -0.05) is 13.3 Å². The molecule has 0 aliphatic carbocycles. The number of carbonyl (C=O) groups excluding carboxylic acids is 2. The number of rotatable bonds is 5. The molecule has 0 bridgehead atoms. The molecule has 5 heteroatoms. The van der Waals surface area contributed by atoms with Gasteiger partial charge in [0.05, 0.1) is 6.61 Å². The van der Waals surface area contributed by atoms with Crippen LogP contribution in [-0.4, -0.2) is 36.6 Å². The monoisotopic (exact) mass is 242 g/mol. The summed E-state index contributed by atoms with van der Waals surface area (Å²) in [6, 6.07) is 0. The lowest BCUT2D eigenvalue weighted by Gasteiger charge is -2.30. The molecule has 1 saturated heterocycles. The van der Waals surface area contributed by atoms with E-state index >= 15 is 0 Å². The predicted octanol–water partition coefficient (Wildman–Crippen LogP) is 1.51. The number of primary amides is 1. The van der Waals surface area contributed by atoms with Crippen molar-refractivity contribution in [3.63, 3.8) is 0 Å². The lowest BCUT2D eigenvalue weighted by molar-refractivity contribution is -0.119. The van der Waals surface area contributed by atoms with Gasteiger partial charge in [-0.3, -0.25) is 4.79 Å². The highest BCUT2D eigenvalue weighted by molar-refractivity contribution is 5.74. The molecule has 2 amide bonds. The zero-order valence-corrected chi connectivity index (χ0v) is 10.5. The third-order valence-electron chi connectivity index (χ3n) is 3.09. The molecule has 17 heavy (non-hydrogen) atoms. The molecule has 0 unspecified atom stereocenters. The van der Waals surface area contributed by atoms with Gasteiger partial charge in [-0.25, -0.2) is 4.79 Å². The standard InChI is InChI=1S/C12H22N2O3/c1-2-3-8-17-12(16)14-6-4-10(5-7-14)9-11(13)15/h10H,2-9H2,1H3,(H2,13,15). The van der Waals surface area contributed by atoms with Crippen LogP contribution in [0.15, 0.2) is 0 Å². The fourth-order valence-corrected chi connectivity index (χ4v) is 2.00. The number of amides is 2. The van der Waals surface area contributed by atoms with Gasteiger partial charge in [0.25, 0.3) is 0 Å². The van der Waals surface area contributed by atoms with Crippen molar-refractivity contribution in [1.82, 2.24) is 4.90 Å². The van der Waals surface area contributed by atoms with E-state index in [0.717, 1.165) is 25.7 Å². The molecule has 0 aromatic heterocycles. The molecule has 1 fully saturated rings. The van der Waals surface area contributed by atoms with Crippen LogP contribution in [0.2, 0.25) is 0 Å². The minimum atomic E-state index is -0.256. The van der Waals surface area contributed by atoms with Crippen LogP contribution in [0, 0.1) is 5.92 Å². The molecule has 0 radical (unpaired) electrons. The van der Waals surface area contributed by atoms with Gasteiger partial charge in [-0.2, -0.15) is 0 Å². The van der Waals surface area contributed by atoms with Crippen molar-refractivity contribution < 1.29 is 14.3 Å². The average molecular weight is 242 g/mol. The van der Waals surface area contributed by atoms with Crippen molar-refractivity contribution in [3.8, 4) is 0 Å². The molecular weight excluding hydrogens is 220 g/mol. The quantitative estimate of drug-likeness (QED) is 0.743. The van der Waals surface area contributed by atoms with Gasteiger partial charge in [-0.15, -0.1) is 0 Å². The SMILES string of the molecule is CCCCOC(=O)N1CCC(CC(N)=O)CC1. The fraction of sp³-hybridized carbons (Fsp3) is 0.833. The molecule has 1 heterocycles. The Bertz CT molecular complexity index is 260. The molecule has 0 aromatic carbocycles. The Labute approximate surface area is 102 Å². The Morgan fingerprint density at radius 2 is 2.00 bits per heavy atom. The molecule has 0 aromatic rings. The molecule has 2 N–H and O–H groups in total. The van der Waals surface area contributed by atoms with E-state index in [9.17, 15) is 9.59 Å². The largest absolute Gasteiger partial charge is 0.449 e. The topological polar surface area (TPSA) is 72.6 Å². The summed E-state index contributed by atoms with van der Waals surface area (Å²) in [5, 5.41) is 0. The van der Waals surface area contributed by atoms with E-state index in [0.29, 0.717) is 32.0 Å². The summed E-state index contributed by atoms with van der Waals surface area (Å²) in [6.45, 7) is 3.89. The Balaban J connectivity index is 2.21. The summed E-state index contributed by atoms with van der Waals surface area (Å²) in [4.78, 5) is 24.1. The van der Waals surface area contributed by atoms with E-state index in [-0.39, 0.29) is 12.0 Å². The lowest BCUT2D eigenvalue weighted by atomic mass is 9.93. The van der Waals surface area contributed by atoms with E-state index < -0.39 is 0 Å². The minimum absolute atomic E-state index is 0.226. The van der Waals surface area contributed by atoms with Crippen LogP contribution < -0.4 is 5.73 Å². The van der Waals surface area contributed by atoms with Crippen LogP contribution in [0.3, 0.4) is 0 Å². The second-order valence-electron chi connectivity index (χ2n) is 4.57. The van der Waals surface area contributed by atoms with Crippen LogP contribution in [0.5, 0.6) is 0 Å². The second kappa shape index (κ2) is 7.14. The molecule has 1 aliphatic heterocycles. The zero-order valence-electron chi connectivity index (χ0n) is 10.5. The van der Waals surface area contributed by atoms with Gasteiger partial charge in [0, 0.05) is 19.5 Å². The van der Waals surface area contributed by atoms with Crippen molar-refractivity contribution >= 4 is 12.0 Å². The molecule has 5 nitrogen and oxygen atoms in total. The molecular formula is C12H22N2O3. The number of piperidine rings is 1. The van der Waals surface area contributed by atoms with Crippen molar-refractivity contribution in [3.05, 3.63) is 0 Å². The predicted molar refractivity (Wildman–Crippen MR) is 64.4 cm³/mol. The first-order valence-corrected chi connectivity index (χ1v) is 6.33. The van der Waals surface area contributed by atoms with E-state index in [2.05, 4.69) is 6.92 Å². The van der Waals surface area contributed by atoms with Gasteiger partial charge < -0.3 is 15.4 Å². The van der Waals surface area contributed by atoms with E-state index in [4.69, 9.17) is 10.5 Å². The third kappa shape index (κ3) is 5.06. The van der Waals surface area contributed by atoms with E-state index in [1.165, 1.54) is 0 Å². The molecule has 98 valence electrons. The van der Waals surface area contributed by atoms with Crippen molar-refractivity contribution in [2.45, 2.75) is 39.0 Å². The highest BCUT2D eigenvalue weighted by Crippen LogP contribution is 2.20. The molecule has 0 atom stereocenters. The number of likely N-dealkylation sites (tertiary alicyclic amines) is 1. The van der Waals surface area contributed by atoms with Gasteiger partial charge in [0.2, 0.25) is 5.91 Å². The number of ether oxygens (including phenoxy) is 1. The maximum Gasteiger partial charge on any atom is 0.409 e. The fourth-order valence-electron chi connectivity index (χ4n) is 2.00. The number of carbonyl (C=O) groups is 2. The molecule has 0 saturated carbocycles. The Morgan fingerprint density at radius 1 is 1.35 bits per heavy atom. The van der Waals surface area contributed by atoms with Gasteiger partial charge in [0.15, 0.2) is 0 Å². The van der Waals surface area contributed by atoms with Gasteiger partial charge in [0.1, 0.15) is 0 Å². The molecule has 1 rings (SSSR count). The maximum atomic E-state index is 11.6. The summed E-state index contributed by atoms with van der Waals surface area (Å²) in [5.74, 6) is 0.0705. The third-order valence-corrected chi connectivity index (χ3v) is 3.09. The van der Waals surface area contributed by atoms with Crippen molar-refractivity contribution in [2.24, 2.45) is 11.7 Å². The number of unbranched alkanes of at least 4 members (excludes halogenated alkanes) is 1. The maximum absolute atomic E-state index is 11.6. The lowest BCUT2D eigenvalue weighted by Crippen LogP contribution is -2.39. The van der Waals surface area contributed by atoms with Crippen LogP contribution in [-0.2, 0) is 9.53 Å². The normalized spacial score (nSPS) is 16.9. The van der Waals surface area contributed by atoms with Crippen molar-refractivity contribution in [1.29, 1.82) is 0 Å². The van der Waals surface area contributed by atoms with Gasteiger partial charge in [-0.05, 0) is 25.2 Å². The first-order valence-electron chi connectivity index (χ1n) is 6.33. The summed E-state index contributed by atoms with van der Waals surface area (Å²) in [5.41, 5.74) is 5.15. The highest BCUT2D eigenvalue weighted by Gasteiger charge is 2.24. The van der Waals surface area contributed by atoms with Gasteiger partial charge >= 0.3 is 6.09 Å². The smallest absolute Gasteiger partial charge is 0.409 e. The summed E-state index contributed by atoms with van der Waals surface area (Å²) in [7, 11) is 0. The van der Waals surface area contributed by atoms with Crippen LogP contribution in [0.4, 0.5) is 4.79 Å². The van der Waals surface area contributed by atoms with Crippen LogP contribution in [0.25, 0.3) is 0 Å². The van der Waals surface area contributed by atoms with Crippen LogP contribution in [0.1, 0.15) is 39.0 Å². The zero-order chi connectivity index (χ0) is 12.7. The van der Waals surface area contributed by atoms with E-state index in [1.54, 1.807) is 4.90 Å². The Kier molecular flexibility index (Phi) is 5.80. The second-order valence-corrected chi connectivity index (χ2v) is 4.57. The first-order chi connectivity index (χ1) is 8.13. The van der Waals surface area contributed by atoms with E-state index in [1.807, 2.05) is 0 Å². The first kappa shape index (κ1) is 13.8. The highest BCUT2D eigenvalue weighted by atomic mass is 16.6. The summed E-state index contributed by atoms with van der Waals surface area (Å²) in [6.07, 6.45) is 3.81. The minimum Gasteiger partial charge on any atom is -0.449 e. The summed E-state index contributed by atoms with van der Waals surface area (Å²) < 4.78 is 5.13. The number of hydrogen-bond acceptors (Lipinski definition) is 3. The molecule has 1 aliphatic rings. The summed E-state index contributed by atoms with van der Waals surface area (Å²) >= 11 is 0. The van der Waals surface area contributed by atoms with Crippen molar-refractivity contribution in [2.75, 3.05) is 19.7 Å². The average Bonchev–Trinajstić information content (AvgIpc) is 2.29. The van der Waals surface area contributed by atoms with Crippen LogP contribution >= 0.6 is 0 Å². The Hall–Kier alpha value is -1.26.